The minimum atomic E-state index is -0.745. The highest BCUT2D eigenvalue weighted by Crippen LogP contribution is 2.15. The van der Waals surface area contributed by atoms with Crippen molar-refractivity contribution in [3.8, 4) is 0 Å². The summed E-state index contributed by atoms with van der Waals surface area (Å²) in [5.74, 6) is -0.745. The number of hydrogen-bond acceptors (Lipinski definition) is 2. The molecule has 1 atom stereocenters. The summed E-state index contributed by atoms with van der Waals surface area (Å²) in [7, 11) is 0. The number of hydrogen-bond donors (Lipinski definition) is 1. The minimum Gasteiger partial charge on any atom is -0.498 e. The summed E-state index contributed by atoms with van der Waals surface area (Å²) in [6.45, 7) is 5.80. The first-order chi connectivity index (χ1) is 6.06. The first kappa shape index (κ1) is 12.0. The second-order valence-electron chi connectivity index (χ2n) is 3.20. The molecule has 0 aromatic rings. The number of ether oxygens (including phenoxy) is 1. The fourth-order valence-corrected chi connectivity index (χ4v) is 0.790. The SMILES string of the molecule is CC1=COC(C)CC1.CCC(=O)O. The third kappa shape index (κ3) is 7.37. The lowest BCUT2D eigenvalue weighted by Crippen LogP contribution is -2.08. The summed E-state index contributed by atoms with van der Waals surface area (Å²) in [5.41, 5.74) is 1.36. The van der Waals surface area contributed by atoms with Gasteiger partial charge in [-0.05, 0) is 32.3 Å². The largest absolute Gasteiger partial charge is 0.498 e. The molecule has 1 unspecified atom stereocenters. The van der Waals surface area contributed by atoms with E-state index in [0.29, 0.717) is 6.10 Å². The van der Waals surface area contributed by atoms with Gasteiger partial charge in [0.05, 0.1) is 12.4 Å². The normalized spacial score (nSPS) is 20.5. The Morgan fingerprint density at radius 1 is 1.77 bits per heavy atom. The standard InChI is InChI=1S/C7H12O.C3H6O2/c1-6-3-4-7(2)8-5-6;1-2-3(4)5/h5,7H,3-4H2,1-2H3;2H2,1H3,(H,4,5). The first-order valence-electron chi connectivity index (χ1n) is 4.59. The van der Waals surface area contributed by atoms with Gasteiger partial charge in [0.25, 0.3) is 0 Å². The maximum Gasteiger partial charge on any atom is 0.303 e. The van der Waals surface area contributed by atoms with Gasteiger partial charge in [-0.25, -0.2) is 0 Å². The van der Waals surface area contributed by atoms with Crippen molar-refractivity contribution in [1.29, 1.82) is 0 Å². The number of aliphatic carboxylic acids is 1. The number of carbonyl (C=O) groups is 1. The Kier molecular flexibility index (Phi) is 6.02. The zero-order chi connectivity index (χ0) is 10.3. The number of carboxylic acid groups (broad SMARTS) is 1. The predicted octanol–water partition coefficient (Wildman–Crippen LogP) is 2.57. The predicted molar refractivity (Wildman–Crippen MR) is 51.5 cm³/mol. The van der Waals surface area contributed by atoms with Gasteiger partial charge >= 0.3 is 5.97 Å². The summed E-state index contributed by atoms with van der Waals surface area (Å²) >= 11 is 0. The third-order valence-corrected chi connectivity index (χ3v) is 1.75. The molecule has 76 valence electrons. The minimum absolute atomic E-state index is 0.222. The molecule has 1 N–H and O–H groups in total. The van der Waals surface area contributed by atoms with Crippen LogP contribution in [0.25, 0.3) is 0 Å². The summed E-state index contributed by atoms with van der Waals surface area (Å²) in [6.07, 6.45) is 4.93. The molecule has 3 nitrogen and oxygen atoms in total. The van der Waals surface area contributed by atoms with E-state index in [-0.39, 0.29) is 6.42 Å². The van der Waals surface area contributed by atoms with Crippen molar-refractivity contribution in [3.63, 3.8) is 0 Å². The molecule has 0 radical (unpaired) electrons. The topological polar surface area (TPSA) is 46.5 Å². The third-order valence-electron chi connectivity index (χ3n) is 1.75. The van der Waals surface area contributed by atoms with Crippen molar-refractivity contribution in [2.75, 3.05) is 0 Å². The van der Waals surface area contributed by atoms with Crippen molar-refractivity contribution in [2.24, 2.45) is 0 Å². The molecule has 1 heterocycles. The summed E-state index contributed by atoms with van der Waals surface area (Å²) in [6, 6.07) is 0. The lowest BCUT2D eigenvalue weighted by atomic mass is 10.1. The zero-order valence-corrected chi connectivity index (χ0v) is 8.54. The highest BCUT2D eigenvalue weighted by atomic mass is 16.5. The number of allylic oxidation sites excluding steroid dienone is 1. The van der Waals surface area contributed by atoms with Crippen LogP contribution in [0.3, 0.4) is 0 Å². The van der Waals surface area contributed by atoms with E-state index in [4.69, 9.17) is 9.84 Å². The Balaban J connectivity index is 0.000000252. The van der Waals surface area contributed by atoms with E-state index < -0.39 is 5.97 Å². The molecule has 1 aliphatic heterocycles. The molecule has 1 aliphatic rings. The quantitative estimate of drug-likeness (QED) is 0.684. The van der Waals surface area contributed by atoms with E-state index in [2.05, 4.69) is 13.8 Å². The van der Waals surface area contributed by atoms with Gasteiger partial charge in [0.2, 0.25) is 0 Å². The van der Waals surface area contributed by atoms with Gasteiger partial charge in [-0.1, -0.05) is 6.92 Å². The van der Waals surface area contributed by atoms with Crippen molar-refractivity contribution in [3.05, 3.63) is 11.8 Å². The molecule has 3 heteroatoms. The molecular formula is C10H18O3. The molecule has 0 amide bonds. The van der Waals surface area contributed by atoms with Gasteiger partial charge in [-0.15, -0.1) is 0 Å². The Labute approximate surface area is 79.4 Å². The molecule has 0 spiro atoms. The van der Waals surface area contributed by atoms with Gasteiger partial charge in [-0.2, -0.15) is 0 Å². The van der Waals surface area contributed by atoms with Gasteiger partial charge in [0.1, 0.15) is 0 Å². The molecule has 0 saturated heterocycles. The molecule has 0 aliphatic carbocycles. The second kappa shape index (κ2) is 6.52. The van der Waals surface area contributed by atoms with Crippen LogP contribution in [0.4, 0.5) is 0 Å². The Morgan fingerprint density at radius 3 is 2.54 bits per heavy atom. The van der Waals surface area contributed by atoms with E-state index in [9.17, 15) is 4.79 Å². The monoisotopic (exact) mass is 186 g/mol. The lowest BCUT2D eigenvalue weighted by molar-refractivity contribution is -0.136. The maximum absolute atomic E-state index is 9.37. The fourth-order valence-electron chi connectivity index (χ4n) is 0.790. The van der Waals surface area contributed by atoms with E-state index in [1.807, 2.05) is 6.26 Å². The summed E-state index contributed by atoms with van der Waals surface area (Å²) in [5, 5.41) is 7.72. The zero-order valence-electron chi connectivity index (χ0n) is 8.54. The second-order valence-corrected chi connectivity index (χ2v) is 3.20. The van der Waals surface area contributed by atoms with Crippen LogP contribution in [-0.4, -0.2) is 17.2 Å². The fraction of sp³-hybridized carbons (Fsp3) is 0.700. The highest BCUT2D eigenvalue weighted by molar-refractivity contribution is 5.66. The van der Waals surface area contributed by atoms with Crippen LogP contribution >= 0.6 is 0 Å². The van der Waals surface area contributed by atoms with Crippen molar-refractivity contribution in [1.82, 2.24) is 0 Å². The van der Waals surface area contributed by atoms with E-state index in [1.54, 1.807) is 6.92 Å². The maximum atomic E-state index is 9.37. The number of carboxylic acids is 1. The van der Waals surface area contributed by atoms with E-state index in [0.717, 1.165) is 0 Å². The highest BCUT2D eigenvalue weighted by Gasteiger charge is 2.05. The van der Waals surface area contributed by atoms with Crippen LogP contribution in [0.1, 0.15) is 40.0 Å². The number of rotatable bonds is 1. The molecule has 0 bridgehead atoms. The van der Waals surface area contributed by atoms with Crippen LogP contribution in [-0.2, 0) is 9.53 Å². The van der Waals surface area contributed by atoms with E-state index in [1.165, 1.54) is 18.4 Å². The Bertz CT molecular complexity index is 185. The van der Waals surface area contributed by atoms with Gasteiger partial charge in [0.15, 0.2) is 0 Å². The average Bonchev–Trinajstić information content (AvgIpc) is 2.11. The smallest absolute Gasteiger partial charge is 0.303 e. The van der Waals surface area contributed by atoms with Crippen molar-refractivity contribution in [2.45, 2.75) is 46.1 Å². The van der Waals surface area contributed by atoms with Crippen LogP contribution < -0.4 is 0 Å². The average molecular weight is 186 g/mol. The van der Waals surface area contributed by atoms with E-state index >= 15 is 0 Å². The molecule has 0 aromatic carbocycles. The van der Waals surface area contributed by atoms with Crippen LogP contribution in [0.15, 0.2) is 11.8 Å². The molecular weight excluding hydrogens is 168 g/mol. The van der Waals surface area contributed by atoms with Crippen LogP contribution in [0.5, 0.6) is 0 Å². The van der Waals surface area contributed by atoms with Gasteiger partial charge < -0.3 is 9.84 Å². The van der Waals surface area contributed by atoms with Crippen molar-refractivity contribution < 1.29 is 14.6 Å². The van der Waals surface area contributed by atoms with Crippen molar-refractivity contribution >= 4 is 5.97 Å². The van der Waals surface area contributed by atoms with Gasteiger partial charge in [0, 0.05) is 6.42 Å². The molecule has 0 aromatic heterocycles. The summed E-state index contributed by atoms with van der Waals surface area (Å²) < 4.78 is 5.23. The van der Waals surface area contributed by atoms with Crippen LogP contribution in [0, 0.1) is 0 Å². The molecule has 0 saturated carbocycles. The Hall–Kier alpha value is -0.990. The summed E-state index contributed by atoms with van der Waals surface area (Å²) in [4.78, 5) is 9.37. The molecule has 1 rings (SSSR count). The van der Waals surface area contributed by atoms with Gasteiger partial charge in [-0.3, -0.25) is 4.79 Å². The first-order valence-corrected chi connectivity index (χ1v) is 4.59. The Morgan fingerprint density at radius 2 is 2.31 bits per heavy atom. The van der Waals surface area contributed by atoms with Crippen LogP contribution in [0.2, 0.25) is 0 Å². The lowest BCUT2D eigenvalue weighted by Gasteiger charge is -2.16. The molecule has 0 fully saturated rings. The molecule has 13 heavy (non-hydrogen) atoms.